The van der Waals surface area contributed by atoms with E-state index in [0.29, 0.717) is 0 Å². The van der Waals surface area contributed by atoms with Gasteiger partial charge in [0, 0.05) is 17.1 Å². The van der Waals surface area contributed by atoms with Crippen LogP contribution in [0.4, 0.5) is 5.69 Å². The SMILES string of the molecule is O=C(Nc1cccc2[nH]ccc12)C1(n2cnnn2)CCCCC1. The average Bonchev–Trinajstić information content (AvgIpc) is 3.27. The van der Waals surface area contributed by atoms with Gasteiger partial charge in [0.1, 0.15) is 11.9 Å². The topological polar surface area (TPSA) is 88.5 Å². The number of fused-ring (bicyclic) bond motifs is 1. The van der Waals surface area contributed by atoms with E-state index < -0.39 is 5.54 Å². The van der Waals surface area contributed by atoms with E-state index in [2.05, 4.69) is 25.8 Å². The van der Waals surface area contributed by atoms with Crippen molar-refractivity contribution in [1.29, 1.82) is 0 Å². The predicted octanol–water partition coefficient (Wildman–Crippen LogP) is 2.45. The first-order valence-corrected chi connectivity index (χ1v) is 7.91. The lowest BCUT2D eigenvalue weighted by Gasteiger charge is -2.35. The van der Waals surface area contributed by atoms with Gasteiger partial charge in [0.15, 0.2) is 0 Å². The van der Waals surface area contributed by atoms with Crippen LogP contribution in [0.5, 0.6) is 0 Å². The Morgan fingerprint density at radius 1 is 1.22 bits per heavy atom. The van der Waals surface area contributed by atoms with Crippen LogP contribution in [0, 0.1) is 0 Å². The fourth-order valence-corrected chi connectivity index (χ4v) is 3.49. The van der Waals surface area contributed by atoms with Gasteiger partial charge in [-0.15, -0.1) is 5.10 Å². The number of H-pyrrole nitrogens is 1. The number of carbonyl (C=O) groups is 1. The summed E-state index contributed by atoms with van der Waals surface area (Å²) >= 11 is 0. The highest BCUT2D eigenvalue weighted by Crippen LogP contribution is 2.36. The molecule has 0 saturated heterocycles. The summed E-state index contributed by atoms with van der Waals surface area (Å²) in [5, 5.41) is 15.6. The zero-order chi connectivity index (χ0) is 15.7. The van der Waals surface area contributed by atoms with E-state index in [9.17, 15) is 4.79 Å². The van der Waals surface area contributed by atoms with E-state index in [0.717, 1.165) is 48.7 Å². The van der Waals surface area contributed by atoms with Crippen molar-refractivity contribution in [3.8, 4) is 0 Å². The predicted molar refractivity (Wildman–Crippen MR) is 85.8 cm³/mol. The summed E-state index contributed by atoms with van der Waals surface area (Å²) in [6, 6.07) is 7.81. The Kier molecular flexibility index (Phi) is 3.33. The van der Waals surface area contributed by atoms with E-state index in [-0.39, 0.29) is 5.91 Å². The number of nitrogens with one attached hydrogen (secondary N) is 2. The van der Waals surface area contributed by atoms with E-state index in [1.807, 2.05) is 30.5 Å². The molecule has 4 rings (SSSR count). The number of anilines is 1. The molecule has 23 heavy (non-hydrogen) atoms. The van der Waals surface area contributed by atoms with Crippen molar-refractivity contribution in [1.82, 2.24) is 25.2 Å². The van der Waals surface area contributed by atoms with Gasteiger partial charge in [0.05, 0.1) is 5.69 Å². The molecule has 0 spiro atoms. The Bertz CT molecular complexity index is 816. The zero-order valence-corrected chi connectivity index (χ0v) is 12.7. The van der Waals surface area contributed by atoms with E-state index >= 15 is 0 Å². The molecule has 0 unspecified atom stereocenters. The molecule has 118 valence electrons. The summed E-state index contributed by atoms with van der Waals surface area (Å²) in [6.07, 6.45) is 8.08. The molecule has 3 aromatic rings. The maximum Gasteiger partial charge on any atom is 0.252 e. The lowest BCUT2D eigenvalue weighted by molar-refractivity contribution is -0.126. The molecule has 0 aliphatic heterocycles. The van der Waals surface area contributed by atoms with Gasteiger partial charge in [-0.2, -0.15) is 0 Å². The molecule has 2 N–H and O–H groups in total. The number of carbonyl (C=O) groups excluding carboxylic acids is 1. The van der Waals surface area contributed by atoms with Gasteiger partial charge >= 0.3 is 0 Å². The maximum absolute atomic E-state index is 13.1. The number of aromatic nitrogens is 5. The standard InChI is InChI=1S/C16H18N6O/c23-15(19-14-6-4-5-13-12(14)7-10-17-13)16(8-2-1-3-9-16)22-11-18-20-21-22/h4-7,10-11,17H,1-3,8-9H2,(H,19,23). The minimum Gasteiger partial charge on any atom is -0.361 e. The van der Waals surface area contributed by atoms with Crippen molar-refractivity contribution >= 4 is 22.5 Å². The number of tetrazole rings is 1. The molecule has 1 aliphatic rings. The molecule has 1 aliphatic carbocycles. The van der Waals surface area contributed by atoms with Crippen molar-refractivity contribution in [2.45, 2.75) is 37.6 Å². The van der Waals surface area contributed by atoms with Gasteiger partial charge in [-0.05, 0) is 41.5 Å². The molecule has 0 radical (unpaired) electrons. The largest absolute Gasteiger partial charge is 0.361 e. The third-order valence-corrected chi connectivity index (χ3v) is 4.73. The van der Waals surface area contributed by atoms with Gasteiger partial charge in [-0.3, -0.25) is 4.79 Å². The molecule has 0 bridgehead atoms. The molecule has 2 heterocycles. The summed E-state index contributed by atoms with van der Waals surface area (Å²) in [4.78, 5) is 16.3. The first-order valence-electron chi connectivity index (χ1n) is 7.91. The summed E-state index contributed by atoms with van der Waals surface area (Å²) < 4.78 is 1.62. The minimum absolute atomic E-state index is 0.0433. The van der Waals surface area contributed by atoms with Crippen molar-refractivity contribution < 1.29 is 4.79 Å². The molecular formula is C16H18N6O. The van der Waals surface area contributed by atoms with E-state index in [4.69, 9.17) is 0 Å². The number of rotatable bonds is 3. The highest BCUT2D eigenvalue weighted by atomic mass is 16.2. The lowest BCUT2D eigenvalue weighted by atomic mass is 9.81. The molecule has 0 atom stereocenters. The van der Waals surface area contributed by atoms with Crippen molar-refractivity contribution in [2.24, 2.45) is 0 Å². The lowest BCUT2D eigenvalue weighted by Crippen LogP contribution is -2.47. The molecule has 1 fully saturated rings. The van der Waals surface area contributed by atoms with Gasteiger partial charge in [0.25, 0.3) is 5.91 Å². The first-order chi connectivity index (χ1) is 11.3. The van der Waals surface area contributed by atoms with Crippen LogP contribution in [0.15, 0.2) is 36.8 Å². The van der Waals surface area contributed by atoms with Crippen molar-refractivity contribution in [2.75, 3.05) is 5.32 Å². The summed E-state index contributed by atoms with van der Waals surface area (Å²) in [6.45, 7) is 0. The van der Waals surface area contributed by atoms with Crippen LogP contribution < -0.4 is 5.32 Å². The monoisotopic (exact) mass is 310 g/mol. The number of nitrogens with zero attached hydrogens (tertiary/aromatic N) is 4. The normalized spacial score (nSPS) is 17.2. The number of hydrogen-bond donors (Lipinski definition) is 2. The van der Waals surface area contributed by atoms with Gasteiger partial charge < -0.3 is 10.3 Å². The van der Waals surface area contributed by atoms with Crippen LogP contribution in [0.3, 0.4) is 0 Å². The second-order valence-corrected chi connectivity index (χ2v) is 6.05. The number of amides is 1. The summed E-state index contributed by atoms with van der Waals surface area (Å²) in [5.74, 6) is -0.0433. The van der Waals surface area contributed by atoms with Crippen LogP contribution in [-0.2, 0) is 10.3 Å². The second-order valence-electron chi connectivity index (χ2n) is 6.05. The summed E-state index contributed by atoms with van der Waals surface area (Å²) in [7, 11) is 0. The minimum atomic E-state index is -0.694. The molecular weight excluding hydrogens is 292 g/mol. The van der Waals surface area contributed by atoms with Crippen LogP contribution in [0.1, 0.15) is 32.1 Å². The Hall–Kier alpha value is -2.70. The highest BCUT2D eigenvalue weighted by Gasteiger charge is 2.42. The Labute approximate surface area is 133 Å². The van der Waals surface area contributed by atoms with Crippen LogP contribution >= 0.6 is 0 Å². The Balaban J connectivity index is 1.70. The second kappa shape index (κ2) is 5.49. The van der Waals surface area contributed by atoms with Gasteiger partial charge in [-0.1, -0.05) is 25.3 Å². The van der Waals surface area contributed by atoms with Crippen LogP contribution in [0.25, 0.3) is 10.9 Å². The Morgan fingerprint density at radius 3 is 2.87 bits per heavy atom. The first kappa shape index (κ1) is 13.9. The molecule has 7 nitrogen and oxygen atoms in total. The van der Waals surface area contributed by atoms with Gasteiger partial charge in [-0.25, -0.2) is 4.68 Å². The number of aromatic amines is 1. The van der Waals surface area contributed by atoms with E-state index in [1.165, 1.54) is 0 Å². The molecule has 1 saturated carbocycles. The molecule has 2 aromatic heterocycles. The molecule has 1 amide bonds. The van der Waals surface area contributed by atoms with Crippen LogP contribution in [-0.4, -0.2) is 31.1 Å². The van der Waals surface area contributed by atoms with Crippen LogP contribution in [0.2, 0.25) is 0 Å². The Morgan fingerprint density at radius 2 is 2.09 bits per heavy atom. The quantitative estimate of drug-likeness (QED) is 0.777. The fourth-order valence-electron chi connectivity index (χ4n) is 3.49. The maximum atomic E-state index is 13.1. The fraction of sp³-hybridized carbons (Fsp3) is 0.375. The van der Waals surface area contributed by atoms with E-state index in [1.54, 1.807) is 11.0 Å². The zero-order valence-electron chi connectivity index (χ0n) is 12.7. The third-order valence-electron chi connectivity index (χ3n) is 4.73. The number of benzene rings is 1. The molecule has 7 heteroatoms. The average molecular weight is 310 g/mol. The highest BCUT2D eigenvalue weighted by molar-refractivity contribution is 6.04. The number of hydrogen-bond acceptors (Lipinski definition) is 4. The molecule has 1 aromatic carbocycles. The van der Waals surface area contributed by atoms with Gasteiger partial charge in [0.2, 0.25) is 0 Å². The van der Waals surface area contributed by atoms with Crippen molar-refractivity contribution in [3.63, 3.8) is 0 Å². The summed E-state index contributed by atoms with van der Waals surface area (Å²) in [5.41, 5.74) is 1.12. The smallest absolute Gasteiger partial charge is 0.252 e. The van der Waals surface area contributed by atoms with Crippen molar-refractivity contribution in [3.05, 3.63) is 36.8 Å². The third kappa shape index (κ3) is 2.28.